The van der Waals surface area contributed by atoms with Crippen LogP contribution in [0.15, 0.2) is 66.7 Å². The molecule has 0 bridgehead atoms. The van der Waals surface area contributed by atoms with E-state index >= 15 is 0 Å². The standard InChI is InChI=1S/C16H14ClNO2/c1-11(15(19)13-9-5-6-10-14(13)17)16(20)18-12-7-3-2-4-8-12/h2-10,15,19H,1H2,(H,18,20). The number of carbonyl (C=O) groups is 1. The van der Waals surface area contributed by atoms with Crippen molar-refractivity contribution < 1.29 is 9.90 Å². The summed E-state index contributed by atoms with van der Waals surface area (Å²) in [5.41, 5.74) is 1.15. The van der Waals surface area contributed by atoms with Crippen LogP contribution >= 0.6 is 11.6 Å². The molecule has 1 unspecified atom stereocenters. The van der Waals surface area contributed by atoms with E-state index in [1.54, 1.807) is 36.4 Å². The Balaban J connectivity index is 2.11. The van der Waals surface area contributed by atoms with Gasteiger partial charge in [0.15, 0.2) is 0 Å². The van der Waals surface area contributed by atoms with Crippen molar-refractivity contribution in [1.29, 1.82) is 0 Å². The predicted molar refractivity (Wildman–Crippen MR) is 80.6 cm³/mol. The van der Waals surface area contributed by atoms with Crippen LogP contribution in [-0.4, -0.2) is 11.0 Å². The van der Waals surface area contributed by atoms with Crippen molar-refractivity contribution in [2.45, 2.75) is 6.10 Å². The van der Waals surface area contributed by atoms with Crippen LogP contribution in [0.3, 0.4) is 0 Å². The van der Waals surface area contributed by atoms with Gasteiger partial charge in [0.25, 0.3) is 5.91 Å². The molecule has 3 nitrogen and oxygen atoms in total. The van der Waals surface area contributed by atoms with E-state index in [0.717, 1.165) is 0 Å². The van der Waals surface area contributed by atoms with Gasteiger partial charge in [-0.3, -0.25) is 4.79 Å². The van der Waals surface area contributed by atoms with E-state index in [-0.39, 0.29) is 5.57 Å². The number of rotatable bonds is 4. The topological polar surface area (TPSA) is 49.3 Å². The third kappa shape index (κ3) is 3.26. The summed E-state index contributed by atoms with van der Waals surface area (Å²) in [5.74, 6) is -0.441. The molecule has 0 aliphatic rings. The highest BCUT2D eigenvalue weighted by Gasteiger charge is 2.20. The number of aliphatic hydroxyl groups excluding tert-OH is 1. The second-order valence-corrected chi connectivity index (χ2v) is 4.68. The van der Waals surface area contributed by atoms with Crippen molar-refractivity contribution in [3.05, 3.63) is 77.3 Å². The molecule has 102 valence electrons. The van der Waals surface area contributed by atoms with Gasteiger partial charge in [-0.25, -0.2) is 0 Å². The molecule has 0 heterocycles. The van der Waals surface area contributed by atoms with Gasteiger partial charge in [0.05, 0.1) is 0 Å². The second kappa shape index (κ2) is 6.37. The molecule has 0 aromatic heterocycles. The van der Waals surface area contributed by atoms with Gasteiger partial charge in [0.2, 0.25) is 0 Å². The third-order valence-electron chi connectivity index (χ3n) is 2.85. The minimum atomic E-state index is -1.13. The van der Waals surface area contributed by atoms with Crippen molar-refractivity contribution in [3.63, 3.8) is 0 Å². The molecule has 0 saturated carbocycles. The normalized spacial score (nSPS) is 11.7. The van der Waals surface area contributed by atoms with Crippen molar-refractivity contribution in [3.8, 4) is 0 Å². The van der Waals surface area contributed by atoms with Crippen LogP contribution < -0.4 is 5.32 Å². The Morgan fingerprint density at radius 1 is 1.10 bits per heavy atom. The zero-order valence-electron chi connectivity index (χ0n) is 10.7. The molecule has 2 aromatic rings. The summed E-state index contributed by atoms with van der Waals surface area (Å²) in [5, 5.41) is 13.2. The lowest BCUT2D eigenvalue weighted by Crippen LogP contribution is -2.18. The number of halogens is 1. The summed E-state index contributed by atoms with van der Waals surface area (Å²) in [7, 11) is 0. The number of aliphatic hydroxyl groups is 1. The van der Waals surface area contributed by atoms with Gasteiger partial charge in [-0.15, -0.1) is 0 Å². The number of hydrogen-bond acceptors (Lipinski definition) is 2. The average Bonchev–Trinajstić information content (AvgIpc) is 2.47. The molecule has 1 amide bonds. The van der Waals surface area contributed by atoms with E-state index in [4.69, 9.17) is 11.6 Å². The smallest absolute Gasteiger partial charge is 0.253 e. The average molecular weight is 288 g/mol. The lowest BCUT2D eigenvalue weighted by molar-refractivity contribution is -0.113. The van der Waals surface area contributed by atoms with Crippen molar-refractivity contribution >= 4 is 23.2 Å². The highest BCUT2D eigenvalue weighted by molar-refractivity contribution is 6.31. The highest BCUT2D eigenvalue weighted by Crippen LogP contribution is 2.27. The molecule has 2 aromatic carbocycles. The first-order valence-electron chi connectivity index (χ1n) is 6.07. The molecule has 0 saturated heterocycles. The zero-order valence-corrected chi connectivity index (χ0v) is 11.5. The monoisotopic (exact) mass is 287 g/mol. The third-order valence-corrected chi connectivity index (χ3v) is 3.20. The Hall–Kier alpha value is -2.10. The second-order valence-electron chi connectivity index (χ2n) is 4.27. The Kier molecular flexibility index (Phi) is 4.56. The van der Waals surface area contributed by atoms with Gasteiger partial charge >= 0.3 is 0 Å². The first kappa shape index (κ1) is 14.3. The molecule has 1 atom stereocenters. The van der Waals surface area contributed by atoms with Gasteiger partial charge in [-0.05, 0) is 18.2 Å². The summed E-state index contributed by atoms with van der Waals surface area (Å²) in [6.07, 6.45) is -1.13. The molecule has 0 fully saturated rings. The molecule has 2 N–H and O–H groups in total. The van der Waals surface area contributed by atoms with Crippen molar-refractivity contribution in [2.24, 2.45) is 0 Å². The highest BCUT2D eigenvalue weighted by atomic mass is 35.5. The predicted octanol–water partition coefficient (Wildman–Crippen LogP) is 3.57. The van der Waals surface area contributed by atoms with Crippen LogP contribution in [0.5, 0.6) is 0 Å². The number of hydrogen-bond donors (Lipinski definition) is 2. The molecule has 4 heteroatoms. The molecular formula is C16H14ClNO2. The van der Waals surface area contributed by atoms with Crippen molar-refractivity contribution in [2.75, 3.05) is 5.32 Å². The summed E-state index contributed by atoms with van der Waals surface area (Å²) >= 11 is 6.00. The molecule has 0 radical (unpaired) electrons. The summed E-state index contributed by atoms with van der Waals surface area (Å²) in [6, 6.07) is 15.8. The molecular weight excluding hydrogens is 274 g/mol. The Labute approximate surface area is 122 Å². The Morgan fingerprint density at radius 2 is 1.70 bits per heavy atom. The van der Waals surface area contributed by atoms with Crippen molar-refractivity contribution in [1.82, 2.24) is 0 Å². The van der Waals surface area contributed by atoms with Crippen LogP contribution in [0, 0.1) is 0 Å². The van der Waals surface area contributed by atoms with Gasteiger partial charge in [-0.1, -0.05) is 54.6 Å². The number of nitrogens with one attached hydrogen (secondary N) is 1. The maximum Gasteiger partial charge on any atom is 0.253 e. The van der Waals surface area contributed by atoms with E-state index in [1.165, 1.54) is 0 Å². The summed E-state index contributed by atoms with van der Waals surface area (Å²) < 4.78 is 0. The first-order valence-corrected chi connectivity index (χ1v) is 6.45. The van der Waals surface area contributed by atoms with Gasteiger partial charge < -0.3 is 10.4 Å². The Bertz CT molecular complexity index is 625. The van der Waals surface area contributed by atoms with Gasteiger partial charge in [0, 0.05) is 21.8 Å². The van der Waals surface area contributed by atoms with E-state index < -0.39 is 12.0 Å². The minimum Gasteiger partial charge on any atom is -0.383 e. The number of amides is 1. The molecule has 0 spiro atoms. The fourth-order valence-electron chi connectivity index (χ4n) is 1.74. The largest absolute Gasteiger partial charge is 0.383 e. The fourth-order valence-corrected chi connectivity index (χ4v) is 1.98. The quantitative estimate of drug-likeness (QED) is 0.845. The number of anilines is 1. The lowest BCUT2D eigenvalue weighted by Gasteiger charge is -2.15. The van der Waals surface area contributed by atoms with Crippen LogP contribution in [0.25, 0.3) is 0 Å². The molecule has 2 rings (SSSR count). The van der Waals surface area contributed by atoms with Crippen LogP contribution in [0.1, 0.15) is 11.7 Å². The minimum absolute atomic E-state index is 0.0435. The number of carbonyl (C=O) groups excluding carboxylic acids is 1. The van der Waals surface area contributed by atoms with E-state index in [1.807, 2.05) is 18.2 Å². The molecule has 20 heavy (non-hydrogen) atoms. The van der Waals surface area contributed by atoms with Gasteiger partial charge in [0.1, 0.15) is 6.10 Å². The fraction of sp³-hybridized carbons (Fsp3) is 0.0625. The van der Waals surface area contributed by atoms with Crippen LogP contribution in [0.4, 0.5) is 5.69 Å². The van der Waals surface area contributed by atoms with Crippen LogP contribution in [-0.2, 0) is 4.79 Å². The molecule has 0 aliphatic carbocycles. The van der Waals surface area contributed by atoms with E-state index in [0.29, 0.717) is 16.3 Å². The number of benzene rings is 2. The first-order chi connectivity index (χ1) is 9.59. The Morgan fingerprint density at radius 3 is 2.35 bits per heavy atom. The van der Waals surface area contributed by atoms with Crippen LogP contribution in [0.2, 0.25) is 5.02 Å². The number of para-hydroxylation sites is 1. The maximum atomic E-state index is 12.0. The maximum absolute atomic E-state index is 12.0. The zero-order chi connectivity index (χ0) is 14.5. The molecule has 0 aliphatic heterocycles. The van der Waals surface area contributed by atoms with Gasteiger partial charge in [-0.2, -0.15) is 0 Å². The summed E-state index contributed by atoms with van der Waals surface area (Å²) in [4.78, 5) is 12.0. The van der Waals surface area contributed by atoms with E-state index in [2.05, 4.69) is 11.9 Å². The van der Waals surface area contributed by atoms with E-state index in [9.17, 15) is 9.90 Å². The summed E-state index contributed by atoms with van der Waals surface area (Å²) in [6.45, 7) is 3.65. The SMILES string of the molecule is C=C(C(=O)Nc1ccccc1)C(O)c1ccccc1Cl. The lowest BCUT2D eigenvalue weighted by atomic mass is 10.0.